The zero-order chi connectivity index (χ0) is 20.0. The van der Waals surface area contributed by atoms with Crippen LogP contribution < -0.4 is 0 Å². The van der Waals surface area contributed by atoms with Crippen molar-refractivity contribution in [3.63, 3.8) is 0 Å². The largest absolute Gasteiger partial charge is 0.372 e. The van der Waals surface area contributed by atoms with Crippen molar-refractivity contribution >= 4 is 22.7 Å². The lowest BCUT2D eigenvalue weighted by atomic mass is 10.0. The molecule has 29 heavy (non-hydrogen) atoms. The number of piperazine rings is 1. The summed E-state index contributed by atoms with van der Waals surface area (Å²) >= 11 is 0. The van der Waals surface area contributed by atoms with E-state index >= 15 is 0 Å². The van der Waals surface area contributed by atoms with Crippen LogP contribution >= 0.6 is 0 Å². The summed E-state index contributed by atoms with van der Waals surface area (Å²) in [4.78, 5) is 33.1. The van der Waals surface area contributed by atoms with Gasteiger partial charge in [-0.05, 0) is 42.3 Å². The minimum atomic E-state index is -0.0486. The van der Waals surface area contributed by atoms with Gasteiger partial charge in [0.1, 0.15) is 0 Å². The van der Waals surface area contributed by atoms with Gasteiger partial charge in [0, 0.05) is 42.8 Å². The van der Waals surface area contributed by atoms with Crippen molar-refractivity contribution in [1.82, 2.24) is 14.8 Å². The average Bonchev–Trinajstić information content (AvgIpc) is 3.41. The molecule has 1 saturated heterocycles. The first-order valence-electron chi connectivity index (χ1n) is 9.98. The molecule has 2 aromatic carbocycles. The van der Waals surface area contributed by atoms with Crippen LogP contribution in [0.4, 0.5) is 0 Å². The number of ether oxygens (including phenoxy) is 1. The van der Waals surface area contributed by atoms with Crippen LogP contribution in [0.25, 0.3) is 10.9 Å². The summed E-state index contributed by atoms with van der Waals surface area (Å²) in [7, 11) is 0. The second kappa shape index (κ2) is 7.04. The lowest BCUT2D eigenvalue weighted by Gasteiger charge is -2.40. The van der Waals surface area contributed by atoms with Crippen molar-refractivity contribution in [3.8, 4) is 0 Å². The molecule has 0 bridgehead atoms. The van der Waals surface area contributed by atoms with Crippen LogP contribution in [-0.2, 0) is 18.0 Å². The summed E-state index contributed by atoms with van der Waals surface area (Å²) in [5.74, 6) is 0.0254. The quantitative estimate of drug-likeness (QED) is 0.732. The summed E-state index contributed by atoms with van der Waals surface area (Å²) < 4.78 is 5.45. The molecular weight excluding hydrogens is 366 g/mol. The predicted octanol–water partition coefficient (Wildman–Crippen LogP) is 3.18. The summed E-state index contributed by atoms with van der Waals surface area (Å²) in [6, 6.07) is 13.5. The molecule has 0 unspecified atom stereocenters. The molecule has 0 spiro atoms. The second-order valence-electron chi connectivity index (χ2n) is 7.82. The van der Waals surface area contributed by atoms with E-state index in [1.807, 2.05) is 65.4 Å². The Balaban J connectivity index is 1.32. The Morgan fingerprint density at radius 1 is 1.03 bits per heavy atom. The number of rotatable bonds is 2. The molecule has 2 aliphatic heterocycles. The molecular formula is C23H23N3O3. The van der Waals surface area contributed by atoms with Crippen molar-refractivity contribution in [1.29, 1.82) is 0 Å². The second-order valence-corrected chi connectivity index (χ2v) is 7.82. The smallest absolute Gasteiger partial charge is 0.256 e. The van der Waals surface area contributed by atoms with Crippen LogP contribution in [0.5, 0.6) is 0 Å². The van der Waals surface area contributed by atoms with E-state index in [-0.39, 0.29) is 17.9 Å². The fraction of sp³-hybridized carbons (Fsp3) is 0.304. The Labute approximate surface area is 169 Å². The van der Waals surface area contributed by atoms with Crippen LogP contribution in [-0.4, -0.2) is 52.3 Å². The molecule has 3 aromatic rings. The zero-order valence-electron chi connectivity index (χ0n) is 16.4. The monoisotopic (exact) mass is 389 g/mol. The van der Waals surface area contributed by atoms with Crippen molar-refractivity contribution in [2.24, 2.45) is 0 Å². The third-order valence-electron chi connectivity index (χ3n) is 5.96. The van der Waals surface area contributed by atoms with Crippen LogP contribution in [0.1, 0.15) is 38.8 Å². The SMILES string of the molecule is C[C@@H]1CN(C(=O)c2cccc3cc[nH]c23)CCN1C(=O)c1ccc2c(c1)COC2. The first kappa shape index (κ1) is 17.9. The van der Waals surface area contributed by atoms with Crippen molar-refractivity contribution in [2.75, 3.05) is 19.6 Å². The van der Waals surface area contributed by atoms with E-state index in [2.05, 4.69) is 4.98 Å². The average molecular weight is 389 g/mol. The summed E-state index contributed by atoms with van der Waals surface area (Å²) in [5.41, 5.74) is 4.49. The van der Waals surface area contributed by atoms with Crippen LogP contribution in [0.15, 0.2) is 48.7 Å². The van der Waals surface area contributed by atoms with Gasteiger partial charge in [0.2, 0.25) is 0 Å². The first-order chi connectivity index (χ1) is 14.1. The lowest BCUT2D eigenvalue weighted by Crippen LogP contribution is -2.55. The summed E-state index contributed by atoms with van der Waals surface area (Å²) in [6.07, 6.45) is 1.85. The molecule has 2 aliphatic rings. The van der Waals surface area contributed by atoms with Crippen LogP contribution in [0.3, 0.4) is 0 Å². The molecule has 6 heteroatoms. The van der Waals surface area contributed by atoms with Crippen molar-refractivity contribution in [2.45, 2.75) is 26.2 Å². The number of carbonyl (C=O) groups excluding carboxylic acids is 2. The topological polar surface area (TPSA) is 65.6 Å². The fourth-order valence-electron chi connectivity index (χ4n) is 4.35. The van der Waals surface area contributed by atoms with Crippen molar-refractivity contribution in [3.05, 3.63) is 70.9 Å². The molecule has 6 nitrogen and oxygen atoms in total. The number of para-hydroxylation sites is 1. The molecule has 148 valence electrons. The zero-order valence-corrected chi connectivity index (χ0v) is 16.4. The Hall–Kier alpha value is -3.12. The molecule has 1 fully saturated rings. The van der Waals surface area contributed by atoms with Gasteiger partial charge in [-0.2, -0.15) is 0 Å². The van der Waals surface area contributed by atoms with Gasteiger partial charge in [-0.1, -0.05) is 18.2 Å². The highest BCUT2D eigenvalue weighted by Gasteiger charge is 2.31. The van der Waals surface area contributed by atoms with Gasteiger partial charge in [-0.3, -0.25) is 9.59 Å². The number of aromatic nitrogens is 1. The summed E-state index contributed by atoms with van der Waals surface area (Å²) in [5, 5.41) is 1.03. The number of hydrogen-bond acceptors (Lipinski definition) is 3. The molecule has 0 aliphatic carbocycles. The molecule has 2 amide bonds. The van der Waals surface area contributed by atoms with E-state index in [4.69, 9.17) is 4.74 Å². The van der Waals surface area contributed by atoms with Gasteiger partial charge in [0.05, 0.1) is 24.3 Å². The van der Waals surface area contributed by atoms with Crippen molar-refractivity contribution < 1.29 is 14.3 Å². The number of benzene rings is 2. The highest BCUT2D eigenvalue weighted by atomic mass is 16.5. The number of carbonyl (C=O) groups is 2. The van der Waals surface area contributed by atoms with Gasteiger partial charge in [0.15, 0.2) is 0 Å². The van der Waals surface area contributed by atoms with E-state index in [9.17, 15) is 9.59 Å². The van der Waals surface area contributed by atoms with Gasteiger partial charge < -0.3 is 19.5 Å². The number of nitrogens with one attached hydrogen (secondary N) is 1. The van der Waals surface area contributed by atoms with E-state index in [1.165, 1.54) is 0 Å². The normalized spacial score (nSPS) is 18.9. The molecule has 1 N–H and O–H groups in total. The molecule has 3 heterocycles. The van der Waals surface area contributed by atoms with Crippen LogP contribution in [0, 0.1) is 0 Å². The Morgan fingerprint density at radius 3 is 2.76 bits per heavy atom. The third kappa shape index (κ3) is 3.09. The Morgan fingerprint density at radius 2 is 1.90 bits per heavy atom. The Bertz CT molecular complexity index is 1100. The molecule has 1 atom stereocenters. The van der Waals surface area contributed by atoms with E-state index in [0.29, 0.717) is 44.0 Å². The predicted molar refractivity (Wildman–Crippen MR) is 110 cm³/mol. The maximum Gasteiger partial charge on any atom is 0.256 e. The molecule has 5 rings (SSSR count). The minimum absolute atomic E-state index is 0.00618. The molecule has 1 aromatic heterocycles. The Kier molecular flexibility index (Phi) is 4.36. The molecule has 0 radical (unpaired) electrons. The van der Waals surface area contributed by atoms with E-state index in [1.54, 1.807) is 0 Å². The number of hydrogen-bond donors (Lipinski definition) is 1. The molecule has 0 saturated carbocycles. The minimum Gasteiger partial charge on any atom is -0.372 e. The number of nitrogens with zero attached hydrogens (tertiary/aromatic N) is 2. The number of H-pyrrole nitrogens is 1. The standard InChI is InChI=1S/C23H23N3O3/c1-15-12-25(23(28)20-4-2-3-16-7-8-24-21(16)20)9-10-26(15)22(27)17-5-6-18-13-29-14-19(18)11-17/h2-8,11,15,24H,9-10,12-14H2,1H3/t15-/m1/s1. The fourth-order valence-corrected chi connectivity index (χ4v) is 4.35. The first-order valence-corrected chi connectivity index (χ1v) is 9.98. The number of amides is 2. The van der Waals surface area contributed by atoms with Gasteiger partial charge in [-0.25, -0.2) is 0 Å². The summed E-state index contributed by atoms with van der Waals surface area (Å²) in [6.45, 7) is 4.77. The highest BCUT2D eigenvalue weighted by molar-refractivity contribution is 6.05. The van der Waals surface area contributed by atoms with Gasteiger partial charge in [0.25, 0.3) is 11.8 Å². The maximum atomic E-state index is 13.1. The van der Waals surface area contributed by atoms with Gasteiger partial charge in [-0.15, -0.1) is 0 Å². The van der Waals surface area contributed by atoms with Gasteiger partial charge >= 0.3 is 0 Å². The lowest BCUT2D eigenvalue weighted by molar-refractivity contribution is 0.0415. The third-order valence-corrected chi connectivity index (χ3v) is 5.96. The van der Waals surface area contributed by atoms with Crippen LogP contribution in [0.2, 0.25) is 0 Å². The van der Waals surface area contributed by atoms with E-state index in [0.717, 1.165) is 22.0 Å². The highest BCUT2D eigenvalue weighted by Crippen LogP contribution is 2.24. The maximum absolute atomic E-state index is 13.1. The van der Waals surface area contributed by atoms with E-state index < -0.39 is 0 Å². The number of aromatic amines is 1. The number of fused-ring (bicyclic) bond motifs is 2.